The lowest BCUT2D eigenvalue weighted by Crippen LogP contribution is -2.15. The highest BCUT2D eigenvalue weighted by Gasteiger charge is 2.20. The summed E-state index contributed by atoms with van der Waals surface area (Å²) in [6, 6.07) is 7.09. The third kappa shape index (κ3) is 3.50. The van der Waals surface area contributed by atoms with Crippen molar-refractivity contribution in [3.63, 3.8) is 0 Å². The number of halogens is 3. The number of phenols is 1. The van der Waals surface area contributed by atoms with Gasteiger partial charge < -0.3 is 15.5 Å². The minimum Gasteiger partial charge on any atom is -0.505 e. The zero-order valence-electron chi connectivity index (χ0n) is 11.2. The zero-order chi connectivity index (χ0) is 16.3. The number of aromatic hydroxyl groups is 1. The van der Waals surface area contributed by atoms with Gasteiger partial charge >= 0.3 is 0 Å². The number of carbonyl (C=O) groups excluding carboxylic acids is 1. The van der Waals surface area contributed by atoms with Gasteiger partial charge in [0.05, 0.1) is 21.3 Å². The van der Waals surface area contributed by atoms with Crippen LogP contribution < -0.4 is 5.32 Å². The molecule has 22 heavy (non-hydrogen) atoms. The number of hydrogen-bond acceptors (Lipinski definition) is 3. The van der Waals surface area contributed by atoms with E-state index in [0.29, 0.717) is 6.42 Å². The van der Waals surface area contributed by atoms with Crippen LogP contribution in [-0.2, 0) is 6.42 Å². The number of anilines is 1. The van der Waals surface area contributed by atoms with Crippen molar-refractivity contribution in [1.82, 2.24) is 0 Å². The van der Waals surface area contributed by atoms with Crippen LogP contribution >= 0.6 is 23.2 Å². The third-order valence-electron chi connectivity index (χ3n) is 2.98. The molecule has 0 bridgehead atoms. The molecule has 0 radical (unpaired) electrons. The van der Waals surface area contributed by atoms with Crippen molar-refractivity contribution in [3.8, 4) is 5.75 Å². The number of amides is 1. The minimum atomic E-state index is -1.10. The maximum Gasteiger partial charge on any atom is 0.260 e. The molecule has 2 aromatic rings. The Balaban J connectivity index is 2.28. The molecular weight excluding hydrogens is 332 g/mol. The van der Waals surface area contributed by atoms with E-state index in [1.54, 1.807) is 18.2 Å². The highest BCUT2D eigenvalue weighted by molar-refractivity contribution is 6.36. The van der Waals surface area contributed by atoms with E-state index in [4.69, 9.17) is 28.3 Å². The number of carbonyl (C=O) groups is 1. The molecule has 0 saturated heterocycles. The smallest absolute Gasteiger partial charge is 0.260 e. The summed E-state index contributed by atoms with van der Waals surface area (Å²) in [6.45, 7) is -0.0217. The quantitative estimate of drug-likeness (QED) is 0.793. The van der Waals surface area contributed by atoms with Crippen molar-refractivity contribution in [2.75, 3.05) is 11.9 Å². The number of rotatable bonds is 4. The number of nitrogens with one attached hydrogen (secondary N) is 1. The second-order valence-electron chi connectivity index (χ2n) is 4.50. The van der Waals surface area contributed by atoms with E-state index >= 15 is 0 Å². The average Bonchev–Trinajstić information content (AvgIpc) is 2.47. The van der Waals surface area contributed by atoms with E-state index in [9.17, 15) is 14.3 Å². The largest absolute Gasteiger partial charge is 0.505 e. The normalized spacial score (nSPS) is 10.5. The first kappa shape index (κ1) is 16.5. The topological polar surface area (TPSA) is 69.6 Å². The molecule has 0 spiro atoms. The predicted octanol–water partition coefficient (Wildman–Crippen LogP) is 3.63. The first-order chi connectivity index (χ1) is 10.4. The van der Waals surface area contributed by atoms with Crippen molar-refractivity contribution < 1.29 is 19.4 Å². The molecule has 3 N–H and O–H groups in total. The Hall–Kier alpha value is -1.82. The molecule has 116 valence electrons. The van der Waals surface area contributed by atoms with E-state index in [1.807, 2.05) is 0 Å². The van der Waals surface area contributed by atoms with Gasteiger partial charge in [-0.15, -0.1) is 0 Å². The Morgan fingerprint density at radius 2 is 1.91 bits per heavy atom. The van der Waals surface area contributed by atoms with E-state index in [0.717, 1.165) is 11.6 Å². The van der Waals surface area contributed by atoms with Gasteiger partial charge in [-0.3, -0.25) is 4.79 Å². The average molecular weight is 344 g/mol. The van der Waals surface area contributed by atoms with Gasteiger partial charge in [-0.25, -0.2) is 4.39 Å². The standard InChI is InChI=1S/C15H12Cl2FNO3/c16-9-2-4-12(21)14(18)13(9)15(22)19-11-3-1-8(5-6-20)7-10(11)17/h1-4,7,20-21H,5-6H2,(H,19,22). The fraction of sp³-hybridized carbons (Fsp3) is 0.133. The molecule has 1 amide bonds. The second-order valence-corrected chi connectivity index (χ2v) is 5.31. The van der Waals surface area contributed by atoms with E-state index in [-0.39, 0.29) is 22.3 Å². The van der Waals surface area contributed by atoms with Gasteiger partial charge in [0, 0.05) is 6.61 Å². The fourth-order valence-corrected chi connectivity index (χ4v) is 2.36. The van der Waals surface area contributed by atoms with Gasteiger partial charge in [-0.05, 0) is 36.2 Å². The van der Waals surface area contributed by atoms with Gasteiger partial charge in [0.1, 0.15) is 0 Å². The van der Waals surface area contributed by atoms with Gasteiger partial charge in [-0.2, -0.15) is 0 Å². The molecule has 0 heterocycles. The van der Waals surface area contributed by atoms with Gasteiger partial charge in [0.25, 0.3) is 5.91 Å². The SMILES string of the molecule is O=C(Nc1ccc(CCO)cc1Cl)c1c(Cl)ccc(O)c1F. The number of phenolic OH excluding ortho intramolecular Hbond substituents is 1. The lowest BCUT2D eigenvalue weighted by molar-refractivity contribution is 0.102. The van der Waals surface area contributed by atoms with Crippen molar-refractivity contribution in [2.45, 2.75) is 6.42 Å². The molecule has 2 rings (SSSR count). The number of aliphatic hydroxyl groups excluding tert-OH is 1. The van der Waals surface area contributed by atoms with Crippen LogP contribution in [0.2, 0.25) is 10.0 Å². The zero-order valence-corrected chi connectivity index (χ0v) is 12.7. The Labute approximate surface area is 136 Å². The van der Waals surface area contributed by atoms with Crippen LogP contribution in [0.5, 0.6) is 5.75 Å². The van der Waals surface area contributed by atoms with Crippen molar-refractivity contribution in [1.29, 1.82) is 0 Å². The third-order valence-corrected chi connectivity index (χ3v) is 3.61. The molecule has 0 atom stereocenters. The van der Waals surface area contributed by atoms with Crippen LogP contribution in [0.25, 0.3) is 0 Å². The van der Waals surface area contributed by atoms with Crippen molar-refractivity contribution >= 4 is 34.8 Å². The Bertz CT molecular complexity index is 722. The summed E-state index contributed by atoms with van der Waals surface area (Å²) in [4.78, 5) is 12.1. The highest BCUT2D eigenvalue weighted by Crippen LogP contribution is 2.29. The summed E-state index contributed by atoms with van der Waals surface area (Å²) in [5, 5.41) is 20.8. The van der Waals surface area contributed by atoms with Crippen LogP contribution in [0.4, 0.5) is 10.1 Å². The van der Waals surface area contributed by atoms with Crippen LogP contribution in [0.1, 0.15) is 15.9 Å². The van der Waals surface area contributed by atoms with Crippen LogP contribution in [-0.4, -0.2) is 22.7 Å². The van der Waals surface area contributed by atoms with Crippen LogP contribution in [0.3, 0.4) is 0 Å². The molecular formula is C15H12Cl2FNO3. The molecule has 2 aromatic carbocycles. The lowest BCUT2D eigenvalue weighted by atomic mass is 10.1. The van der Waals surface area contributed by atoms with E-state index in [2.05, 4.69) is 5.32 Å². The highest BCUT2D eigenvalue weighted by atomic mass is 35.5. The molecule has 0 aliphatic carbocycles. The van der Waals surface area contributed by atoms with E-state index < -0.39 is 23.0 Å². The summed E-state index contributed by atoms with van der Waals surface area (Å²) in [5.74, 6) is -2.59. The number of aliphatic hydroxyl groups is 1. The Kier molecular flexibility index (Phi) is 5.24. The Morgan fingerprint density at radius 3 is 2.55 bits per heavy atom. The molecule has 0 unspecified atom stereocenters. The maximum absolute atomic E-state index is 13.8. The molecule has 0 aliphatic heterocycles. The second kappa shape index (κ2) is 6.96. The molecule has 4 nitrogen and oxygen atoms in total. The summed E-state index contributed by atoms with van der Waals surface area (Å²) in [5.41, 5.74) is 0.608. The number of benzene rings is 2. The fourth-order valence-electron chi connectivity index (χ4n) is 1.88. The van der Waals surface area contributed by atoms with Gasteiger partial charge in [0.2, 0.25) is 0 Å². The predicted molar refractivity (Wildman–Crippen MR) is 83.3 cm³/mol. The summed E-state index contributed by atoms with van der Waals surface area (Å²) in [6.07, 6.45) is 0.432. The first-order valence-electron chi connectivity index (χ1n) is 6.31. The van der Waals surface area contributed by atoms with E-state index in [1.165, 1.54) is 6.07 Å². The summed E-state index contributed by atoms with van der Waals surface area (Å²) in [7, 11) is 0. The maximum atomic E-state index is 13.8. The lowest BCUT2D eigenvalue weighted by Gasteiger charge is -2.11. The van der Waals surface area contributed by atoms with Crippen LogP contribution in [0.15, 0.2) is 30.3 Å². The number of hydrogen-bond donors (Lipinski definition) is 3. The molecule has 0 fully saturated rings. The first-order valence-corrected chi connectivity index (χ1v) is 7.07. The minimum absolute atomic E-state index is 0.0217. The van der Waals surface area contributed by atoms with Crippen molar-refractivity contribution in [3.05, 3.63) is 57.3 Å². The summed E-state index contributed by atoms with van der Waals surface area (Å²) >= 11 is 11.8. The Morgan fingerprint density at radius 1 is 1.18 bits per heavy atom. The monoisotopic (exact) mass is 343 g/mol. The molecule has 7 heteroatoms. The van der Waals surface area contributed by atoms with Crippen molar-refractivity contribution in [2.24, 2.45) is 0 Å². The molecule has 0 aliphatic rings. The van der Waals surface area contributed by atoms with Gasteiger partial charge in [0.15, 0.2) is 11.6 Å². The van der Waals surface area contributed by atoms with Crippen LogP contribution in [0, 0.1) is 5.82 Å². The molecule has 0 saturated carbocycles. The summed E-state index contributed by atoms with van der Waals surface area (Å²) < 4.78 is 13.8. The van der Waals surface area contributed by atoms with Gasteiger partial charge in [-0.1, -0.05) is 29.3 Å². The molecule has 0 aromatic heterocycles.